The van der Waals surface area contributed by atoms with Crippen LogP contribution in [0.25, 0.3) is 0 Å². The zero-order valence-corrected chi connectivity index (χ0v) is 12.9. The maximum absolute atomic E-state index is 11.7. The van der Waals surface area contributed by atoms with Crippen molar-refractivity contribution in [2.75, 3.05) is 19.6 Å². The molecule has 1 fully saturated rings. The summed E-state index contributed by atoms with van der Waals surface area (Å²) < 4.78 is 5.37. The van der Waals surface area contributed by atoms with Gasteiger partial charge < -0.3 is 15.6 Å². The molecule has 0 atom stereocenters. The topological polar surface area (TPSA) is 97.3 Å². The summed E-state index contributed by atoms with van der Waals surface area (Å²) in [7, 11) is 0. The number of carbonyl (C=O) groups excluding carboxylic acids is 1. The molecule has 0 radical (unpaired) electrons. The van der Waals surface area contributed by atoms with Gasteiger partial charge in [0.25, 0.3) is 0 Å². The number of aromatic nitrogens is 2. The fraction of sp³-hybridized carbons (Fsp3) is 0.786. The molecule has 1 aromatic rings. The number of rotatable bonds is 7. The molecule has 0 bridgehead atoms. The van der Waals surface area contributed by atoms with Crippen LogP contribution < -0.4 is 11.1 Å². The van der Waals surface area contributed by atoms with Crippen LogP contribution in [0.15, 0.2) is 4.52 Å². The van der Waals surface area contributed by atoms with E-state index in [-0.39, 0.29) is 12.5 Å². The first-order valence-electron chi connectivity index (χ1n) is 7.70. The first kappa shape index (κ1) is 15.9. The third-order valence-electron chi connectivity index (χ3n) is 4.17. The molecule has 0 aliphatic heterocycles. The summed E-state index contributed by atoms with van der Waals surface area (Å²) in [5, 5.41) is 7.10. The van der Waals surface area contributed by atoms with Gasteiger partial charge in [-0.3, -0.25) is 9.69 Å². The number of nitrogens with zero attached hydrogens (tertiary/aromatic N) is 3. The lowest BCUT2D eigenvalue weighted by Crippen LogP contribution is -2.47. The Morgan fingerprint density at radius 2 is 2.05 bits per heavy atom. The SMILES string of the molecule is CCN(CC)Cc1nc(C2(NC(=O)CN)CCCC2)no1. The molecule has 21 heavy (non-hydrogen) atoms. The maximum Gasteiger partial charge on any atom is 0.240 e. The van der Waals surface area contributed by atoms with Crippen molar-refractivity contribution < 1.29 is 9.32 Å². The predicted octanol–water partition coefficient (Wildman–Crippen LogP) is 0.756. The number of hydrogen-bond donors (Lipinski definition) is 2. The second-order valence-electron chi connectivity index (χ2n) is 5.51. The summed E-state index contributed by atoms with van der Waals surface area (Å²) in [4.78, 5) is 18.4. The molecule has 3 N–H and O–H groups in total. The third kappa shape index (κ3) is 3.59. The fourth-order valence-electron chi connectivity index (χ4n) is 2.85. The molecule has 2 rings (SSSR count). The standard InChI is InChI=1S/C14H25N5O2/c1-3-19(4-2)10-12-16-13(18-21-12)14(7-5-6-8-14)17-11(20)9-15/h3-10,15H2,1-2H3,(H,17,20). The maximum atomic E-state index is 11.7. The molecule has 7 nitrogen and oxygen atoms in total. The monoisotopic (exact) mass is 295 g/mol. The minimum absolute atomic E-state index is 0.0219. The van der Waals surface area contributed by atoms with E-state index in [1.54, 1.807) is 0 Å². The van der Waals surface area contributed by atoms with Crippen molar-refractivity contribution in [1.29, 1.82) is 0 Å². The molecule has 1 amide bonds. The van der Waals surface area contributed by atoms with E-state index in [1.807, 2.05) is 0 Å². The Labute approximate surface area is 125 Å². The van der Waals surface area contributed by atoms with Crippen LogP contribution in [0, 0.1) is 0 Å². The van der Waals surface area contributed by atoms with Crippen molar-refractivity contribution in [3.8, 4) is 0 Å². The largest absolute Gasteiger partial charge is 0.342 e. The van der Waals surface area contributed by atoms with Crippen LogP contribution in [0.4, 0.5) is 0 Å². The zero-order chi connectivity index (χ0) is 15.3. The van der Waals surface area contributed by atoms with Gasteiger partial charge in [0.15, 0.2) is 5.82 Å². The average Bonchev–Trinajstić information content (AvgIpc) is 3.14. The van der Waals surface area contributed by atoms with Gasteiger partial charge in [0.2, 0.25) is 11.8 Å². The Balaban J connectivity index is 2.14. The van der Waals surface area contributed by atoms with Gasteiger partial charge >= 0.3 is 0 Å². The molecule has 1 aromatic heterocycles. The molecular weight excluding hydrogens is 270 g/mol. The van der Waals surface area contributed by atoms with Crippen molar-refractivity contribution in [1.82, 2.24) is 20.4 Å². The van der Waals surface area contributed by atoms with Crippen LogP contribution in [-0.4, -0.2) is 40.6 Å². The van der Waals surface area contributed by atoms with Crippen LogP contribution in [0.2, 0.25) is 0 Å². The number of nitrogens with one attached hydrogen (secondary N) is 1. The minimum Gasteiger partial charge on any atom is -0.342 e. The Kier molecular flexibility index (Phi) is 5.30. The highest BCUT2D eigenvalue weighted by atomic mass is 16.5. The smallest absolute Gasteiger partial charge is 0.240 e. The molecule has 0 saturated heterocycles. The Bertz CT molecular complexity index is 464. The van der Waals surface area contributed by atoms with Crippen LogP contribution in [-0.2, 0) is 16.9 Å². The Morgan fingerprint density at radius 1 is 1.38 bits per heavy atom. The lowest BCUT2D eigenvalue weighted by molar-refractivity contribution is -0.121. The van der Waals surface area contributed by atoms with E-state index in [9.17, 15) is 4.79 Å². The lowest BCUT2D eigenvalue weighted by Gasteiger charge is -2.26. The highest BCUT2D eigenvalue weighted by Crippen LogP contribution is 2.37. The average molecular weight is 295 g/mol. The fourth-order valence-corrected chi connectivity index (χ4v) is 2.85. The van der Waals surface area contributed by atoms with E-state index in [0.29, 0.717) is 18.3 Å². The molecule has 1 aliphatic rings. The van der Waals surface area contributed by atoms with Gasteiger partial charge in [-0.15, -0.1) is 0 Å². The normalized spacial score (nSPS) is 17.3. The van der Waals surface area contributed by atoms with Gasteiger partial charge in [0.1, 0.15) is 5.54 Å². The van der Waals surface area contributed by atoms with Crippen LogP contribution >= 0.6 is 0 Å². The van der Waals surface area contributed by atoms with Gasteiger partial charge in [-0.25, -0.2) is 0 Å². The summed E-state index contributed by atoms with van der Waals surface area (Å²) in [5.41, 5.74) is 4.91. The molecule has 0 aromatic carbocycles. The van der Waals surface area contributed by atoms with Crippen LogP contribution in [0.1, 0.15) is 51.2 Å². The first-order chi connectivity index (χ1) is 10.1. The van der Waals surface area contributed by atoms with Gasteiger partial charge in [-0.2, -0.15) is 4.98 Å². The lowest BCUT2D eigenvalue weighted by atomic mass is 9.96. The van der Waals surface area contributed by atoms with Gasteiger partial charge in [-0.05, 0) is 25.9 Å². The second-order valence-corrected chi connectivity index (χ2v) is 5.51. The van der Waals surface area contributed by atoms with E-state index < -0.39 is 5.54 Å². The molecule has 1 aliphatic carbocycles. The second kappa shape index (κ2) is 7.00. The molecule has 1 saturated carbocycles. The molecule has 118 valence electrons. The molecule has 1 heterocycles. The highest BCUT2D eigenvalue weighted by molar-refractivity contribution is 5.78. The summed E-state index contributed by atoms with van der Waals surface area (Å²) in [6.45, 7) is 6.68. The first-order valence-corrected chi connectivity index (χ1v) is 7.70. The third-order valence-corrected chi connectivity index (χ3v) is 4.17. The van der Waals surface area contributed by atoms with E-state index in [1.165, 1.54) is 0 Å². The number of carbonyl (C=O) groups is 1. The van der Waals surface area contributed by atoms with Gasteiger partial charge in [0, 0.05) is 0 Å². The minimum atomic E-state index is -0.499. The summed E-state index contributed by atoms with van der Waals surface area (Å²) in [6.07, 6.45) is 3.77. The van der Waals surface area contributed by atoms with E-state index in [2.05, 4.69) is 34.2 Å². The quantitative estimate of drug-likeness (QED) is 0.770. The Morgan fingerprint density at radius 3 is 2.62 bits per heavy atom. The van der Waals surface area contributed by atoms with Crippen molar-refractivity contribution in [3.05, 3.63) is 11.7 Å². The molecule has 7 heteroatoms. The predicted molar refractivity (Wildman–Crippen MR) is 78.3 cm³/mol. The van der Waals surface area contributed by atoms with Crippen molar-refractivity contribution in [3.63, 3.8) is 0 Å². The number of nitrogens with two attached hydrogens (primary N) is 1. The van der Waals surface area contributed by atoms with Crippen molar-refractivity contribution >= 4 is 5.91 Å². The Hall–Kier alpha value is -1.47. The van der Waals surface area contributed by atoms with Crippen LogP contribution in [0.3, 0.4) is 0 Å². The summed E-state index contributed by atoms with van der Waals surface area (Å²) in [6, 6.07) is 0. The zero-order valence-electron chi connectivity index (χ0n) is 12.9. The van der Waals surface area contributed by atoms with Crippen molar-refractivity contribution in [2.24, 2.45) is 5.73 Å². The van der Waals surface area contributed by atoms with E-state index >= 15 is 0 Å². The molecular formula is C14H25N5O2. The van der Waals surface area contributed by atoms with E-state index in [4.69, 9.17) is 10.3 Å². The number of hydrogen-bond acceptors (Lipinski definition) is 6. The summed E-state index contributed by atoms with van der Waals surface area (Å²) >= 11 is 0. The highest BCUT2D eigenvalue weighted by Gasteiger charge is 2.41. The summed E-state index contributed by atoms with van der Waals surface area (Å²) in [5.74, 6) is 1.01. The molecule has 0 spiro atoms. The van der Waals surface area contributed by atoms with Crippen LogP contribution in [0.5, 0.6) is 0 Å². The van der Waals surface area contributed by atoms with Crippen molar-refractivity contribution in [2.45, 2.75) is 51.6 Å². The van der Waals surface area contributed by atoms with E-state index in [0.717, 1.165) is 38.8 Å². The van der Waals surface area contributed by atoms with Gasteiger partial charge in [0.05, 0.1) is 13.1 Å². The number of amides is 1. The molecule has 0 unspecified atom stereocenters. The van der Waals surface area contributed by atoms with Gasteiger partial charge in [-0.1, -0.05) is 31.8 Å².